The summed E-state index contributed by atoms with van der Waals surface area (Å²) in [5, 5.41) is 9.14. The van der Waals surface area contributed by atoms with Crippen molar-refractivity contribution in [3.63, 3.8) is 0 Å². The van der Waals surface area contributed by atoms with Gasteiger partial charge in [-0.05, 0) is 43.9 Å². The van der Waals surface area contributed by atoms with E-state index >= 15 is 0 Å². The zero-order chi connectivity index (χ0) is 21.9. The van der Waals surface area contributed by atoms with E-state index in [-0.39, 0.29) is 11.3 Å². The number of anilines is 1. The van der Waals surface area contributed by atoms with Gasteiger partial charge in [0.1, 0.15) is 5.69 Å². The van der Waals surface area contributed by atoms with Gasteiger partial charge in [-0.1, -0.05) is 33.4 Å². The number of hydrogen-bond donors (Lipinski definition) is 0. The highest BCUT2D eigenvalue weighted by Crippen LogP contribution is 2.29. The molecule has 0 radical (unpaired) electrons. The monoisotopic (exact) mass is 399 g/mol. The average molecular weight is 400 g/mol. The standard InChI is InChI=1S/C23H37N5O/c1-10-11-19(26(7)8)20-16(2)17(3)21(25-24-20)27(9)18-12-14-28(15-13-18)22(29)23(4,5)6/h10-11,18H,1,12-15H2,2-9H3/b19-11-. The zero-order valence-electron chi connectivity index (χ0n) is 19.4. The van der Waals surface area contributed by atoms with Crippen LogP contribution in [0, 0.1) is 19.3 Å². The van der Waals surface area contributed by atoms with Gasteiger partial charge in [0.2, 0.25) is 5.91 Å². The number of carbonyl (C=O) groups is 1. The first-order valence-electron chi connectivity index (χ1n) is 10.4. The van der Waals surface area contributed by atoms with Gasteiger partial charge < -0.3 is 14.7 Å². The molecule has 1 aliphatic heterocycles. The molecule has 2 heterocycles. The van der Waals surface area contributed by atoms with Gasteiger partial charge in [-0.3, -0.25) is 4.79 Å². The molecule has 0 aromatic carbocycles. The Bertz CT molecular complexity index is 783. The summed E-state index contributed by atoms with van der Waals surface area (Å²) < 4.78 is 0. The van der Waals surface area contributed by atoms with Gasteiger partial charge in [0.05, 0.1) is 5.70 Å². The number of rotatable bonds is 5. The molecule has 6 heteroatoms. The molecule has 1 aromatic heterocycles. The van der Waals surface area contributed by atoms with Crippen LogP contribution in [-0.4, -0.2) is 66.2 Å². The molecular formula is C23H37N5O. The Balaban J connectivity index is 2.20. The van der Waals surface area contributed by atoms with Crippen molar-refractivity contribution in [1.29, 1.82) is 0 Å². The molecule has 0 bridgehead atoms. The van der Waals surface area contributed by atoms with E-state index in [1.807, 2.05) is 50.7 Å². The number of carbonyl (C=O) groups excluding carboxylic acids is 1. The number of hydrogen-bond acceptors (Lipinski definition) is 5. The molecule has 0 spiro atoms. The highest BCUT2D eigenvalue weighted by atomic mass is 16.2. The van der Waals surface area contributed by atoms with Crippen LogP contribution in [0.1, 0.15) is 50.4 Å². The van der Waals surface area contributed by atoms with Crippen LogP contribution in [0.3, 0.4) is 0 Å². The number of nitrogens with zero attached hydrogens (tertiary/aromatic N) is 5. The third kappa shape index (κ3) is 4.98. The summed E-state index contributed by atoms with van der Waals surface area (Å²) in [5.74, 6) is 1.16. The maximum absolute atomic E-state index is 12.5. The fourth-order valence-corrected chi connectivity index (χ4v) is 3.83. The Kier molecular flexibility index (Phi) is 7.09. The first-order valence-corrected chi connectivity index (χ1v) is 10.4. The Morgan fingerprint density at radius 1 is 1.10 bits per heavy atom. The summed E-state index contributed by atoms with van der Waals surface area (Å²) in [6, 6.07) is 0.356. The lowest BCUT2D eigenvalue weighted by molar-refractivity contribution is -0.140. The van der Waals surface area contributed by atoms with E-state index in [9.17, 15) is 4.79 Å². The third-order valence-electron chi connectivity index (χ3n) is 5.77. The molecule has 6 nitrogen and oxygen atoms in total. The van der Waals surface area contributed by atoms with Crippen molar-refractivity contribution >= 4 is 17.4 Å². The van der Waals surface area contributed by atoms with Crippen molar-refractivity contribution in [3.8, 4) is 0 Å². The van der Waals surface area contributed by atoms with E-state index in [0.717, 1.165) is 54.3 Å². The van der Waals surface area contributed by atoms with Crippen molar-refractivity contribution in [2.24, 2.45) is 5.41 Å². The van der Waals surface area contributed by atoms with Crippen LogP contribution in [0.4, 0.5) is 5.82 Å². The van der Waals surface area contributed by atoms with Crippen LogP contribution >= 0.6 is 0 Å². The first kappa shape index (κ1) is 22.9. The lowest BCUT2D eigenvalue weighted by atomic mass is 9.92. The second-order valence-corrected chi connectivity index (χ2v) is 9.19. The molecule has 1 amide bonds. The minimum absolute atomic E-state index is 0.236. The number of allylic oxidation sites excluding steroid dienone is 2. The van der Waals surface area contributed by atoms with E-state index in [1.54, 1.807) is 6.08 Å². The summed E-state index contributed by atoms with van der Waals surface area (Å²) in [6.45, 7) is 15.6. The molecule has 0 aliphatic carbocycles. The highest BCUT2D eigenvalue weighted by molar-refractivity contribution is 5.81. The van der Waals surface area contributed by atoms with Gasteiger partial charge in [0, 0.05) is 45.7 Å². The Hall–Kier alpha value is -2.37. The normalized spacial score (nSPS) is 16.0. The summed E-state index contributed by atoms with van der Waals surface area (Å²) >= 11 is 0. The Morgan fingerprint density at radius 2 is 1.69 bits per heavy atom. The molecule has 1 saturated heterocycles. The van der Waals surface area contributed by atoms with Crippen LogP contribution in [0.5, 0.6) is 0 Å². The van der Waals surface area contributed by atoms with Crippen LogP contribution in [0.2, 0.25) is 0 Å². The van der Waals surface area contributed by atoms with Crippen molar-refractivity contribution in [1.82, 2.24) is 20.0 Å². The molecule has 1 aliphatic rings. The number of amides is 1. The van der Waals surface area contributed by atoms with Crippen molar-refractivity contribution < 1.29 is 4.79 Å². The molecule has 1 aromatic rings. The molecule has 2 rings (SSSR count). The van der Waals surface area contributed by atoms with Crippen LogP contribution in [0.15, 0.2) is 18.7 Å². The van der Waals surface area contributed by atoms with Crippen molar-refractivity contribution in [2.75, 3.05) is 39.1 Å². The predicted molar refractivity (Wildman–Crippen MR) is 121 cm³/mol. The van der Waals surface area contributed by atoms with Gasteiger partial charge >= 0.3 is 0 Å². The van der Waals surface area contributed by atoms with E-state index in [4.69, 9.17) is 0 Å². The molecular weight excluding hydrogens is 362 g/mol. The molecule has 0 saturated carbocycles. The maximum Gasteiger partial charge on any atom is 0.227 e. The van der Waals surface area contributed by atoms with Crippen molar-refractivity contribution in [2.45, 2.75) is 53.5 Å². The van der Waals surface area contributed by atoms with Gasteiger partial charge in [-0.15, -0.1) is 10.2 Å². The summed E-state index contributed by atoms with van der Waals surface area (Å²) in [4.78, 5) is 18.8. The molecule has 0 atom stereocenters. The minimum Gasteiger partial charge on any atom is -0.376 e. The second-order valence-electron chi connectivity index (χ2n) is 9.19. The molecule has 29 heavy (non-hydrogen) atoms. The Labute approximate surface area is 176 Å². The van der Waals surface area contributed by atoms with Crippen LogP contribution in [0.25, 0.3) is 5.70 Å². The van der Waals surface area contributed by atoms with Crippen LogP contribution < -0.4 is 4.90 Å². The average Bonchev–Trinajstić information content (AvgIpc) is 2.66. The summed E-state index contributed by atoms with van der Waals surface area (Å²) in [5.41, 5.74) is 3.83. The number of aromatic nitrogens is 2. The molecule has 160 valence electrons. The van der Waals surface area contributed by atoms with E-state index < -0.39 is 0 Å². The summed E-state index contributed by atoms with van der Waals surface area (Å²) in [7, 11) is 6.09. The third-order valence-corrected chi connectivity index (χ3v) is 5.77. The maximum atomic E-state index is 12.5. The van der Waals surface area contributed by atoms with Crippen LogP contribution in [-0.2, 0) is 4.79 Å². The first-order chi connectivity index (χ1) is 13.5. The quantitative estimate of drug-likeness (QED) is 0.708. The highest BCUT2D eigenvalue weighted by Gasteiger charge is 2.32. The second kappa shape index (κ2) is 8.97. The van der Waals surface area contributed by atoms with E-state index in [2.05, 4.69) is 42.6 Å². The molecule has 0 N–H and O–H groups in total. The zero-order valence-corrected chi connectivity index (χ0v) is 19.4. The molecule has 0 unspecified atom stereocenters. The molecule has 1 fully saturated rings. The fourth-order valence-electron chi connectivity index (χ4n) is 3.83. The minimum atomic E-state index is -0.323. The number of piperidine rings is 1. The van der Waals surface area contributed by atoms with Gasteiger partial charge in [0.25, 0.3) is 0 Å². The smallest absolute Gasteiger partial charge is 0.227 e. The summed E-state index contributed by atoms with van der Waals surface area (Å²) in [6.07, 6.45) is 5.62. The van der Waals surface area contributed by atoms with Crippen molar-refractivity contribution in [3.05, 3.63) is 35.6 Å². The van der Waals surface area contributed by atoms with E-state index in [1.165, 1.54) is 0 Å². The largest absolute Gasteiger partial charge is 0.376 e. The topological polar surface area (TPSA) is 52.6 Å². The van der Waals surface area contributed by atoms with Gasteiger partial charge in [0.15, 0.2) is 5.82 Å². The number of likely N-dealkylation sites (tertiary alicyclic amines) is 1. The SMILES string of the molecule is C=C/C=C(/c1nnc(N(C)C2CCN(C(=O)C(C)(C)C)CC2)c(C)c1C)N(C)C. The fraction of sp³-hybridized carbons (Fsp3) is 0.609. The predicted octanol–water partition coefficient (Wildman–Crippen LogP) is 3.66. The lowest BCUT2D eigenvalue weighted by Crippen LogP contribution is -2.49. The Morgan fingerprint density at radius 3 is 2.17 bits per heavy atom. The van der Waals surface area contributed by atoms with Gasteiger partial charge in [-0.25, -0.2) is 0 Å². The lowest BCUT2D eigenvalue weighted by Gasteiger charge is -2.39. The van der Waals surface area contributed by atoms with Gasteiger partial charge in [-0.2, -0.15) is 0 Å². The van der Waals surface area contributed by atoms with E-state index in [0.29, 0.717) is 6.04 Å².